The first-order valence-electron chi connectivity index (χ1n) is 7.58. The molecule has 0 aromatic heterocycles. The van der Waals surface area contributed by atoms with Gasteiger partial charge in [-0.25, -0.2) is 0 Å². The van der Waals surface area contributed by atoms with Crippen LogP contribution in [0.3, 0.4) is 0 Å². The molecule has 1 aliphatic rings. The lowest BCUT2D eigenvalue weighted by atomic mass is 9.93. The smallest absolute Gasteiger partial charge is 0.316 e. The standard InChI is InChI=1S/C17H23NO4/c1-4-20-17(19)16(12(2)3)14-10-15(18-22-14)21-11-13-8-6-5-7-9-13/h5-10,12,15-16,18H,4,11H2,1-3H3. The molecule has 0 amide bonds. The minimum Gasteiger partial charge on any atom is -0.465 e. The third-order valence-electron chi connectivity index (χ3n) is 3.39. The molecule has 0 saturated heterocycles. The molecule has 0 bridgehead atoms. The zero-order valence-electron chi connectivity index (χ0n) is 13.2. The van der Waals surface area contributed by atoms with E-state index in [1.54, 1.807) is 13.0 Å². The molecule has 1 aromatic carbocycles. The summed E-state index contributed by atoms with van der Waals surface area (Å²) in [6, 6.07) is 9.89. The van der Waals surface area contributed by atoms with E-state index in [2.05, 4.69) is 5.48 Å². The van der Waals surface area contributed by atoms with Crippen LogP contribution in [0.2, 0.25) is 0 Å². The van der Waals surface area contributed by atoms with Gasteiger partial charge in [0.2, 0.25) is 0 Å². The largest absolute Gasteiger partial charge is 0.465 e. The number of hydrogen-bond acceptors (Lipinski definition) is 5. The zero-order chi connectivity index (χ0) is 15.9. The van der Waals surface area contributed by atoms with Crippen LogP contribution in [-0.4, -0.2) is 18.8 Å². The summed E-state index contributed by atoms with van der Waals surface area (Å²) in [7, 11) is 0. The molecule has 1 aromatic rings. The van der Waals surface area contributed by atoms with Crippen LogP contribution in [0.5, 0.6) is 0 Å². The van der Waals surface area contributed by atoms with Crippen LogP contribution in [0.15, 0.2) is 42.2 Å². The summed E-state index contributed by atoms with van der Waals surface area (Å²) in [5, 5.41) is 0. The van der Waals surface area contributed by atoms with E-state index < -0.39 is 5.92 Å². The first kappa shape index (κ1) is 16.5. The van der Waals surface area contributed by atoms with Gasteiger partial charge in [-0.15, -0.1) is 5.48 Å². The topological polar surface area (TPSA) is 56.8 Å². The van der Waals surface area contributed by atoms with Gasteiger partial charge in [-0.3, -0.25) is 4.79 Å². The van der Waals surface area contributed by atoms with Gasteiger partial charge in [0.1, 0.15) is 11.7 Å². The molecular formula is C17H23NO4. The van der Waals surface area contributed by atoms with E-state index in [4.69, 9.17) is 14.3 Å². The molecule has 0 spiro atoms. The molecule has 120 valence electrons. The second kappa shape index (κ2) is 7.96. The Balaban J connectivity index is 1.96. The third-order valence-corrected chi connectivity index (χ3v) is 3.39. The van der Waals surface area contributed by atoms with E-state index in [9.17, 15) is 4.79 Å². The molecule has 5 nitrogen and oxygen atoms in total. The van der Waals surface area contributed by atoms with Gasteiger partial charge < -0.3 is 14.3 Å². The van der Waals surface area contributed by atoms with Crippen molar-refractivity contribution in [3.63, 3.8) is 0 Å². The molecule has 0 saturated carbocycles. The maximum Gasteiger partial charge on any atom is 0.316 e. The highest BCUT2D eigenvalue weighted by molar-refractivity contribution is 5.75. The monoisotopic (exact) mass is 305 g/mol. The number of carbonyl (C=O) groups excluding carboxylic acids is 1. The predicted molar refractivity (Wildman–Crippen MR) is 82.3 cm³/mol. The normalized spacial score (nSPS) is 18.7. The van der Waals surface area contributed by atoms with Crippen LogP contribution in [0.25, 0.3) is 0 Å². The summed E-state index contributed by atoms with van der Waals surface area (Å²) in [6.07, 6.45) is 1.43. The van der Waals surface area contributed by atoms with Crippen molar-refractivity contribution >= 4 is 5.97 Å². The second-order valence-corrected chi connectivity index (χ2v) is 5.48. The third kappa shape index (κ3) is 4.32. The Bertz CT molecular complexity index is 513. The van der Waals surface area contributed by atoms with Crippen molar-refractivity contribution in [3.8, 4) is 0 Å². The highest BCUT2D eigenvalue weighted by atomic mass is 16.7. The van der Waals surface area contributed by atoms with E-state index in [-0.39, 0.29) is 18.1 Å². The van der Waals surface area contributed by atoms with E-state index >= 15 is 0 Å². The summed E-state index contributed by atoms with van der Waals surface area (Å²) < 4.78 is 10.8. The average Bonchev–Trinajstić information content (AvgIpc) is 2.95. The minimum atomic E-state index is -0.419. The van der Waals surface area contributed by atoms with E-state index in [0.717, 1.165) is 5.56 Å². The van der Waals surface area contributed by atoms with Crippen molar-refractivity contribution in [3.05, 3.63) is 47.7 Å². The first-order chi connectivity index (χ1) is 10.6. The molecule has 2 unspecified atom stereocenters. The van der Waals surface area contributed by atoms with Crippen molar-refractivity contribution in [1.82, 2.24) is 5.48 Å². The van der Waals surface area contributed by atoms with Gasteiger partial charge in [0.05, 0.1) is 13.2 Å². The van der Waals surface area contributed by atoms with Crippen molar-refractivity contribution in [1.29, 1.82) is 0 Å². The Morgan fingerprint density at radius 2 is 2.05 bits per heavy atom. The summed E-state index contributed by atoms with van der Waals surface area (Å²) >= 11 is 0. The lowest BCUT2D eigenvalue weighted by Crippen LogP contribution is -2.27. The predicted octanol–water partition coefficient (Wildman–Crippen LogP) is 2.78. The molecule has 1 aliphatic heterocycles. The van der Waals surface area contributed by atoms with Crippen LogP contribution < -0.4 is 5.48 Å². The van der Waals surface area contributed by atoms with Gasteiger partial charge >= 0.3 is 5.97 Å². The number of benzene rings is 1. The van der Waals surface area contributed by atoms with Crippen LogP contribution >= 0.6 is 0 Å². The van der Waals surface area contributed by atoms with Crippen molar-refractivity contribution in [2.24, 2.45) is 11.8 Å². The Labute approximate surface area is 131 Å². The van der Waals surface area contributed by atoms with Crippen LogP contribution in [0, 0.1) is 11.8 Å². The molecule has 0 radical (unpaired) electrons. The number of rotatable bonds is 7. The van der Waals surface area contributed by atoms with Gasteiger partial charge in [0.25, 0.3) is 0 Å². The van der Waals surface area contributed by atoms with Crippen molar-refractivity contribution < 1.29 is 19.1 Å². The molecule has 0 aliphatic carbocycles. The van der Waals surface area contributed by atoms with E-state index in [0.29, 0.717) is 19.0 Å². The van der Waals surface area contributed by atoms with Gasteiger partial charge in [-0.05, 0) is 18.4 Å². The molecule has 1 heterocycles. The van der Waals surface area contributed by atoms with Crippen LogP contribution in [0.4, 0.5) is 0 Å². The SMILES string of the molecule is CCOC(=O)C(C1=CC(OCc2ccccc2)NO1)C(C)C. The van der Waals surface area contributed by atoms with Gasteiger partial charge in [-0.2, -0.15) is 0 Å². The number of hydroxylamine groups is 1. The number of esters is 1. The molecule has 2 rings (SSSR count). The molecule has 5 heteroatoms. The number of ether oxygens (including phenoxy) is 2. The maximum absolute atomic E-state index is 12.0. The summed E-state index contributed by atoms with van der Waals surface area (Å²) in [5.41, 5.74) is 3.87. The minimum absolute atomic E-state index is 0.0833. The fourth-order valence-corrected chi connectivity index (χ4v) is 2.30. The fraction of sp³-hybridized carbons (Fsp3) is 0.471. The van der Waals surface area contributed by atoms with Gasteiger partial charge in [0.15, 0.2) is 6.23 Å². The van der Waals surface area contributed by atoms with Crippen molar-refractivity contribution in [2.45, 2.75) is 33.6 Å². The van der Waals surface area contributed by atoms with Crippen molar-refractivity contribution in [2.75, 3.05) is 6.61 Å². The van der Waals surface area contributed by atoms with Crippen LogP contribution in [0.1, 0.15) is 26.3 Å². The average molecular weight is 305 g/mol. The van der Waals surface area contributed by atoms with E-state index in [1.165, 1.54) is 0 Å². The van der Waals surface area contributed by atoms with E-state index in [1.807, 2.05) is 44.2 Å². The summed E-state index contributed by atoms with van der Waals surface area (Å²) in [4.78, 5) is 17.5. The van der Waals surface area contributed by atoms with Crippen LogP contribution in [-0.2, 0) is 25.7 Å². The molecular weight excluding hydrogens is 282 g/mol. The summed E-state index contributed by atoms with van der Waals surface area (Å²) in [5.74, 6) is -0.0430. The lowest BCUT2D eigenvalue weighted by molar-refractivity contribution is -0.150. The summed E-state index contributed by atoms with van der Waals surface area (Å²) in [6.45, 7) is 6.55. The van der Waals surface area contributed by atoms with Gasteiger partial charge in [0, 0.05) is 6.08 Å². The number of nitrogens with one attached hydrogen (secondary N) is 1. The Hall–Kier alpha value is -1.85. The second-order valence-electron chi connectivity index (χ2n) is 5.48. The Kier molecular flexibility index (Phi) is 5.98. The molecule has 22 heavy (non-hydrogen) atoms. The van der Waals surface area contributed by atoms with Gasteiger partial charge in [-0.1, -0.05) is 44.2 Å². The Morgan fingerprint density at radius 3 is 2.68 bits per heavy atom. The highest BCUT2D eigenvalue weighted by Gasteiger charge is 2.33. The molecule has 2 atom stereocenters. The Morgan fingerprint density at radius 1 is 1.32 bits per heavy atom. The first-order valence-corrected chi connectivity index (χ1v) is 7.58. The fourth-order valence-electron chi connectivity index (χ4n) is 2.30. The number of hydrogen-bond donors (Lipinski definition) is 1. The highest BCUT2D eigenvalue weighted by Crippen LogP contribution is 2.26. The molecule has 1 N–H and O–H groups in total. The zero-order valence-corrected chi connectivity index (χ0v) is 13.2. The maximum atomic E-state index is 12.0. The lowest BCUT2D eigenvalue weighted by Gasteiger charge is -2.18. The molecule has 0 fully saturated rings. The number of carbonyl (C=O) groups is 1. The quantitative estimate of drug-likeness (QED) is 0.785.